The maximum absolute atomic E-state index is 13.2. The number of aliphatic hydroxyl groups is 2. The first-order valence-electron chi connectivity index (χ1n) is 11.5. The van der Waals surface area contributed by atoms with Gasteiger partial charge in [-0.1, -0.05) is 39.8 Å². The maximum Gasteiger partial charge on any atom is 0.183 e. The van der Waals surface area contributed by atoms with E-state index in [1.165, 1.54) is 0 Å². The molecular weight excluding hydrogens is 394 g/mol. The number of hydrogen-bond donors (Lipinski definition) is 2. The van der Waals surface area contributed by atoms with E-state index in [1.54, 1.807) is 33.8 Å². The predicted molar refractivity (Wildman–Crippen MR) is 115 cm³/mol. The van der Waals surface area contributed by atoms with E-state index in [0.717, 1.165) is 24.1 Å². The fourth-order valence-corrected chi connectivity index (χ4v) is 6.93. The molecule has 0 aromatic rings. The van der Waals surface area contributed by atoms with Crippen molar-refractivity contribution in [1.82, 2.24) is 4.90 Å². The normalized spacial score (nSPS) is 43.1. The third-order valence-electron chi connectivity index (χ3n) is 8.43. The molecule has 6 atom stereocenters. The Kier molecular flexibility index (Phi) is 4.35. The number of likely N-dealkylation sites (tertiary alicyclic amines) is 1. The van der Waals surface area contributed by atoms with Gasteiger partial charge in [0.05, 0.1) is 0 Å². The van der Waals surface area contributed by atoms with Gasteiger partial charge in [0.2, 0.25) is 0 Å². The lowest BCUT2D eigenvalue weighted by molar-refractivity contribution is -0.170. The number of nitrogens with zero attached hydrogens (tertiary/aromatic N) is 1. The van der Waals surface area contributed by atoms with Crippen LogP contribution in [0.15, 0.2) is 35.1 Å². The van der Waals surface area contributed by atoms with E-state index >= 15 is 0 Å². The summed E-state index contributed by atoms with van der Waals surface area (Å²) in [4.78, 5) is 28.7. The van der Waals surface area contributed by atoms with E-state index in [4.69, 9.17) is 4.74 Å². The summed E-state index contributed by atoms with van der Waals surface area (Å²) in [6.07, 6.45) is 6.49. The molecule has 0 aromatic carbocycles. The second-order valence-electron chi connectivity index (χ2n) is 10.8. The molecule has 3 aliphatic carbocycles. The fourth-order valence-electron chi connectivity index (χ4n) is 6.93. The molecule has 31 heavy (non-hydrogen) atoms. The highest BCUT2D eigenvalue weighted by Crippen LogP contribution is 2.67. The maximum atomic E-state index is 13.2. The Morgan fingerprint density at radius 1 is 1.16 bits per heavy atom. The van der Waals surface area contributed by atoms with Crippen LogP contribution in [0.2, 0.25) is 0 Å². The Morgan fingerprint density at radius 2 is 1.84 bits per heavy atom. The number of Topliss-reactive ketones (excluding diaryl/α,β-unsaturated/α-hetero) is 2. The zero-order valence-electron chi connectivity index (χ0n) is 19.0. The van der Waals surface area contributed by atoms with Crippen molar-refractivity contribution in [2.75, 3.05) is 13.6 Å². The molecule has 6 nitrogen and oxygen atoms in total. The summed E-state index contributed by atoms with van der Waals surface area (Å²) >= 11 is 0. The predicted octanol–water partition coefficient (Wildman–Crippen LogP) is 2.16. The van der Waals surface area contributed by atoms with E-state index in [9.17, 15) is 19.8 Å². The van der Waals surface area contributed by atoms with Crippen LogP contribution in [0.3, 0.4) is 0 Å². The second kappa shape index (κ2) is 6.40. The highest BCUT2D eigenvalue weighted by molar-refractivity contribution is 5.94. The van der Waals surface area contributed by atoms with Gasteiger partial charge in [0, 0.05) is 41.2 Å². The van der Waals surface area contributed by atoms with Crippen LogP contribution in [0, 0.1) is 23.2 Å². The van der Waals surface area contributed by atoms with Crippen LogP contribution < -0.4 is 0 Å². The standard InChI is InChI=1S/C25H33NO5/c1-13(2)19(27)24(29)8-6-15-12-17-16-7-9-25(30,20(28)14(3)4)22-23(16,10-11-26(17)5)18(15)21(24)31-22/h6-7,9,13-14,16-17,22,29-30H,8,10-12H2,1-5H3/t16-,17+,22+,23-,24?,25+/m0/s1. The van der Waals surface area contributed by atoms with Gasteiger partial charge in [-0.2, -0.15) is 0 Å². The molecule has 5 aliphatic rings. The summed E-state index contributed by atoms with van der Waals surface area (Å²) in [6.45, 7) is 7.92. The fraction of sp³-hybridized carbons (Fsp3) is 0.680. The van der Waals surface area contributed by atoms with E-state index in [-0.39, 0.29) is 41.8 Å². The summed E-state index contributed by atoms with van der Waals surface area (Å²) in [5, 5.41) is 23.4. The van der Waals surface area contributed by atoms with Crippen molar-refractivity contribution < 1.29 is 24.5 Å². The van der Waals surface area contributed by atoms with Crippen molar-refractivity contribution in [3.8, 4) is 0 Å². The van der Waals surface area contributed by atoms with E-state index in [2.05, 4.69) is 11.9 Å². The molecule has 2 aliphatic heterocycles. The first-order valence-corrected chi connectivity index (χ1v) is 11.5. The number of carbonyl (C=O) groups is 2. The van der Waals surface area contributed by atoms with Gasteiger partial charge >= 0.3 is 0 Å². The van der Waals surface area contributed by atoms with Crippen molar-refractivity contribution in [3.05, 3.63) is 35.1 Å². The Balaban J connectivity index is 1.75. The summed E-state index contributed by atoms with van der Waals surface area (Å²) in [5.74, 6) is -0.959. The molecule has 2 fully saturated rings. The average molecular weight is 428 g/mol. The van der Waals surface area contributed by atoms with Crippen LogP contribution >= 0.6 is 0 Å². The third kappa shape index (κ3) is 2.39. The number of carbonyl (C=O) groups excluding carboxylic acids is 2. The number of ketones is 2. The van der Waals surface area contributed by atoms with Crippen LogP contribution in [-0.4, -0.2) is 63.6 Å². The van der Waals surface area contributed by atoms with Crippen LogP contribution in [-0.2, 0) is 14.3 Å². The highest BCUT2D eigenvalue weighted by Gasteiger charge is 2.72. The molecule has 2 heterocycles. The van der Waals surface area contributed by atoms with Gasteiger partial charge in [0.25, 0.3) is 0 Å². The van der Waals surface area contributed by atoms with Gasteiger partial charge in [0.1, 0.15) is 11.9 Å². The third-order valence-corrected chi connectivity index (χ3v) is 8.43. The largest absolute Gasteiger partial charge is 0.486 e. The molecule has 6 heteroatoms. The van der Waals surface area contributed by atoms with Crippen molar-refractivity contribution in [3.63, 3.8) is 0 Å². The van der Waals surface area contributed by atoms with E-state index < -0.39 is 22.7 Å². The summed E-state index contributed by atoms with van der Waals surface area (Å²) < 4.78 is 6.46. The van der Waals surface area contributed by atoms with Gasteiger partial charge in [-0.05, 0) is 38.1 Å². The average Bonchev–Trinajstić information content (AvgIpc) is 3.09. The minimum atomic E-state index is -1.79. The Labute approximate surface area is 183 Å². The molecule has 168 valence electrons. The number of hydrogen-bond acceptors (Lipinski definition) is 6. The molecule has 2 N–H and O–H groups in total. The summed E-state index contributed by atoms with van der Waals surface area (Å²) in [7, 11) is 2.12. The van der Waals surface area contributed by atoms with Crippen LogP contribution in [0.5, 0.6) is 0 Å². The van der Waals surface area contributed by atoms with Gasteiger partial charge in [-0.3, -0.25) is 9.59 Å². The molecule has 0 amide bonds. The van der Waals surface area contributed by atoms with Crippen LogP contribution in [0.4, 0.5) is 0 Å². The SMILES string of the molecule is CC(C)C(=O)C1(O)CC=C2C[C@@H]3[C@@H]4C=C[C@@](O)(C(=O)C(C)C)[C@@H]5OC1=C2[C@@]54CCN3C. The molecule has 1 saturated carbocycles. The Bertz CT molecular complexity index is 961. The molecule has 2 bridgehead atoms. The Morgan fingerprint density at radius 3 is 2.48 bits per heavy atom. The lowest BCUT2D eigenvalue weighted by atomic mass is 9.48. The minimum absolute atomic E-state index is 0.0534. The lowest BCUT2D eigenvalue weighted by Crippen LogP contribution is -2.67. The molecular formula is C25H33NO5. The van der Waals surface area contributed by atoms with Crippen molar-refractivity contribution in [1.29, 1.82) is 0 Å². The lowest BCUT2D eigenvalue weighted by Gasteiger charge is -2.59. The molecule has 1 spiro atoms. The van der Waals surface area contributed by atoms with Crippen LogP contribution in [0.25, 0.3) is 0 Å². The second-order valence-corrected chi connectivity index (χ2v) is 10.8. The van der Waals surface area contributed by atoms with E-state index in [0.29, 0.717) is 12.2 Å². The zero-order valence-corrected chi connectivity index (χ0v) is 19.0. The highest BCUT2D eigenvalue weighted by atomic mass is 16.5. The van der Waals surface area contributed by atoms with E-state index in [1.807, 2.05) is 12.2 Å². The van der Waals surface area contributed by atoms with Crippen molar-refractivity contribution >= 4 is 11.6 Å². The molecule has 0 aromatic heterocycles. The van der Waals surface area contributed by atoms with Gasteiger partial charge in [0.15, 0.2) is 22.8 Å². The van der Waals surface area contributed by atoms with Crippen molar-refractivity contribution in [2.24, 2.45) is 23.2 Å². The molecule has 0 radical (unpaired) electrons. The minimum Gasteiger partial charge on any atom is -0.486 e. The zero-order chi connectivity index (χ0) is 22.5. The first-order chi connectivity index (χ1) is 14.5. The summed E-state index contributed by atoms with van der Waals surface area (Å²) in [5.41, 5.74) is -2.17. The molecule has 5 rings (SSSR count). The monoisotopic (exact) mass is 427 g/mol. The number of rotatable bonds is 4. The van der Waals surface area contributed by atoms with Crippen LogP contribution in [0.1, 0.15) is 47.0 Å². The molecule has 1 saturated heterocycles. The smallest absolute Gasteiger partial charge is 0.183 e. The van der Waals surface area contributed by atoms with Crippen molar-refractivity contribution in [2.45, 2.75) is 70.3 Å². The summed E-state index contributed by atoms with van der Waals surface area (Å²) in [6, 6.07) is 0.233. The van der Waals surface area contributed by atoms with Gasteiger partial charge in [-0.25, -0.2) is 0 Å². The first kappa shape index (κ1) is 21.1. The van der Waals surface area contributed by atoms with Gasteiger partial charge < -0.3 is 19.8 Å². The molecule has 1 unspecified atom stereocenters. The van der Waals surface area contributed by atoms with Gasteiger partial charge in [-0.15, -0.1) is 0 Å². The quantitative estimate of drug-likeness (QED) is 0.669. The Hall–Kier alpha value is -1.76. The number of ether oxygens (including phenoxy) is 1. The topological polar surface area (TPSA) is 87.1 Å². The number of piperidine rings is 1.